The Morgan fingerprint density at radius 2 is 2.00 bits per heavy atom. The van der Waals surface area contributed by atoms with Crippen LogP contribution in [0.25, 0.3) is 0 Å². The molecule has 0 aromatic carbocycles. The molecule has 5 heteroatoms. The second kappa shape index (κ2) is 7.05. The number of piperidine rings is 1. The largest absolute Gasteiger partial charge is 0.342 e. The van der Waals surface area contributed by atoms with Gasteiger partial charge in [-0.1, -0.05) is 13.8 Å². The van der Waals surface area contributed by atoms with Crippen LogP contribution in [0.15, 0.2) is 15.9 Å². The Balaban J connectivity index is 1.81. The lowest BCUT2D eigenvalue weighted by Gasteiger charge is -2.34. The van der Waals surface area contributed by atoms with Gasteiger partial charge in [0.1, 0.15) is 0 Å². The maximum atomic E-state index is 12.0. The molecule has 0 spiro atoms. The molecule has 1 amide bonds. The first kappa shape index (κ1) is 16.0. The van der Waals surface area contributed by atoms with Crippen molar-refractivity contribution < 1.29 is 4.79 Å². The van der Waals surface area contributed by atoms with Crippen LogP contribution >= 0.6 is 27.3 Å². The van der Waals surface area contributed by atoms with Crippen LogP contribution in [0.1, 0.15) is 44.5 Å². The summed E-state index contributed by atoms with van der Waals surface area (Å²) >= 11 is 5.29. The number of carbonyl (C=O) groups is 1. The van der Waals surface area contributed by atoms with Crippen molar-refractivity contribution in [3.05, 3.63) is 20.8 Å². The molecule has 1 aliphatic heterocycles. The maximum Gasteiger partial charge on any atom is 0.225 e. The molecule has 0 radical (unpaired) electrons. The molecule has 1 aliphatic rings. The minimum Gasteiger partial charge on any atom is -0.342 e. The van der Waals surface area contributed by atoms with Crippen LogP contribution in [0, 0.1) is 5.92 Å². The highest BCUT2D eigenvalue weighted by Crippen LogP contribution is 2.28. The maximum absolute atomic E-state index is 12.0. The summed E-state index contributed by atoms with van der Waals surface area (Å²) in [5, 5.41) is 3.69. The lowest BCUT2D eigenvalue weighted by Crippen LogP contribution is -2.46. The Hall–Kier alpha value is -0.390. The first-order valence-electron chi connectivity index (χ1n) is 7.27. The zero-order valence-electron chi connectivity index (χ0n) is 12.4. The fourth-order valence-electron chi connectivity index (χ4n) is 2.63. The molecule has 112 valence electrons. The van der Waals surface area contributed by atoms with Gasteiger partial charge in [0.2, 0.25) is 5.91 Å². The average Bonchev–Trinajstić information content (AvgIpc) is 2.85. The van der Waals surface area contributed by atoms with Gasteiger partial charge in [-0.15, -0.1) is 11.3 Å². The Morgan fingerprint density at radius 3 is 2.50 bits per heavy atom. The van der Waals surface area contributed by atoms with Gasteiger partial charge in [0.05, 0.1) is 3.79 Å². The lowest BCUT2D eigenvalue weighted by atomic mass is 10.0. The first-order chi connectivity index (χ1) is 9.47. The van der Waals surface area contributed by atoms with Crippen molar-refractivity contribution in [3.8, 4) is 0 Å². The molecule has 1 aromatic rings. The molecular weight excluding hydrogens is 336 g/mol. The molecule has 0 aliphatic carbocycles. The minimum absolute atomic E-state index is 0.113. The van der Waals surface area contributed by atoms with Gasteiger partial charge in [-0.25, -0.2) is 0 Å². The zero-order chi connectivity index (χ0) is 14.7. The topological polar surface area (TPSA) is 32.3 Å². The van der Waals surface area contributed by atoms with Crippen LogP contribution in [0.4, 0.5) is 0 Å². The summed E-state index contributed by atoms with van der Waals surface area (Å²) in [5.74, 6) is 0.403. The van der Waals surface area contributed by atoms with E-state index >= 15 is 0 Å². The van der Waals surface area contributed by atoms with Gasteiger partial charge in [-0.3, -0.25) is 4.79 Å². The van der Waals surface area contributed by atoms with Crippen LogP contribution in [-0.2, 0) is 4.79 Å². The monoisotopic (exact) mass is 358 g/mol. The van der Waals surface area contributed by atoms with Crippen molar-refractivity contribution in [1.82, 2.24) is 10.2 Å². The molecule has 2 rings (SSSR count). The second-order valence-corrected chi connectivity index (χ2v) is 8.28. The molecular formula is C15H23BrN2OS. The number of carbonyl (C=O) groups excluding carboxylic acids is 1. The highest BCUT2D eigenvalue weighted by Gasteiger charge is 2.25. The normalized spacial score (nSPS) is 18.6. The third kappa shape index (κ3) is 4.06. The summed E-state index contributed by atoms with van der Waals surface area (Å²) < 4.78 is 1.18. The molecule has 1 aromatic heterocycles. The van der Waals surface area contributed by atoms with E-state index in [2.05, 4.69) is 40.3 Å². The number of hydrogen-bond donors (Lipinski definition) is 1. The Labute approximate surface area is 133 Å². The molecule has 0 saturated carbocycles. The van der Waals surface area contributed by atoms with E-state index in [1.54, 1.807) is 11.3 Å². The molecule has 1 saturated heterocycles. The molecule has 1 N–H and O–H groups in total. The number of thiophene rings is 1. The summed E-state index contributed by atoms with van der Waals surface area (Å²) in [6.45, 7) is 7.93. The number of nitrogens with zero attached hydrogens (tertiary/aromatic N) is 1. The van der Waals surface area contributed by atoms with Crippen molar-refractivity contribution in [2.45, 2.75) is 45.7 Å². The van der Waals surface area contributed by atoms with E-state index in [0.29, 0.717) is 18.0 Å². The SMILES string of the molecule is CC(C)C(=O)N1CCC(NC(C)c2ccc(Br)s2)CC1. The molecule has 2 heterocycles. The summed E-state index contributed by atoms with van der Waals surface area (Å²) in [6, 6.07) is 5.16. The van der Waals surface area contributed by atoms with Crippen molar-refractivity contribution >= 4 is 33.2 Å². The van der Waals surface area contributed by atoms with Gasteiger partial charge in [0.15, 0.2) is 0 Å². The first-order valence-corrected chi connectivity index (χ1v) is 8.88. The second-order valence-electron chi connectivity index (χ2n) is 5.78. The van der Waals surface area contributed by atoms with Crippen LogP contribution in [0.3, 0.4) is 0 Å². The van der Waals surface area contributed by atoms with Crippen LogP contribution in [0.2, 0.25) is 0 Å². The highest BCUT2D eigenvalue weighted by atomic mass is 79.9. The summed E-state index contributed by atoms with van der Waals surface area (Å²) in [6.07, 6.45) is 2.10. The predicted octanol–water partition coefficient (Wildman–Crippen LogP) is 3.81. The smallest absolute Gasteiger partial charge is 0.225 e. The summed E-state index contributed by atoms with van der Waals surface area (Å²) in [7, 11) is 0. The Bertz CT molecular complexity index is 452. The van der Waals surface area contributed by atoms with E-state index in [1.165, 1.54) is 8.66 Å². The zero-order valence-corrected chi connectivity index (χ0v) is 14.8. The number of halogens is 1. The number of nitrogens with one attached hydrogen (secondary N) is 1. The van der Waals surface area contributed by atoms with Gasteiger partial charge >= 0.3 is 0 Å². The number of amides is 1. The molecule has 1 fully saturated rings. The Morgan fingerprint density at radius 1 is 1.35 bits per heavy atom. The van der Waals surface area contributed by atoms with E-state index in [0.717, 1.165) is 25.9 Å². The van der Waals surface area contributed by atoms with Crippen molar-refractivity contribution in [3.63, 3.8) is 0 Å². The summed E-state index contributed by atoms with van der Waals surface area (Å²) in [5.41, 5.74) is 0. The van der Waals surface area contributed by atoms with E-state index in [-0.39, 0.29) is 5.92 Å². The number of rotatable bonds is 4. The fraction of sp³-hybridized carbons (Fsp3) is 0.667. The van der Waals surface area contributed by atoms with Gasteiger partial charge in [-0.05, 0) is 47.8 Å². The van der Waals surface area contributed by atoms with E-state index in [1.807, 2.05) is 18.7 Å². The van der Waals surface area contributed by atoms with E-state index in [9.17, 15) is 4.79 Å². The van der Waals surface area contributed by atoms with Crippen molar-refractivity contribution in [1.29, 1.82) is 0 Å². The van der Waals surface area contributed by atoms with Gasteiger partial charge in [0.25, 0.3) is 0 Å². The van der Waals surface area contributed by atoms with E-state index in [4.69, 9.17) is 0 Å². The average molecular weight is 359 g/mol. The third-order valence-electron chi connectivity index (χ3n) is 3.81. The molecule has 0 bridgehead atoms. The van der Waals surface area contributed by atoms with Gasteiger partial charge in [-0.2, -0.15) is 0 Å². The van der Waals surface area contributed by atoms with Crippen molar-refractivity contribution in [2.24, 2.45) is 5.92 Å². The lowest BCUT2D eigenvalue weighted by molar-refractivity contribution is -0.135. The van der Waals surface area contributed by atoms with Crippen molar-refractivity contribution in [2.75, 3.05) is 13.1 Å². The molecule has 3 nitrogen and oxygen atoms in total. The molecule has 1 unspecified atom stereocenters. The van der Waals surface area contributed by atoms with Crippen LogP contribution < -0.4 is 5.32 Å². The predicted molar refractivity (Wildman–Crippen MR) is 88.0 cm³/mol. The fourth-order valence-corrected chi connectivity index (χ4v) is 4.06. The summed E-state index contributed by atoms with van der Waals surface area (Å²) in [4.78, 5) is 15.3. The van der Waals surface area contributed by atoms with Gasteiger partial charge in [0, 0.05) is 36.0 Å². The number of likely N-dealkylation sites (tertiary alicyclic amines) is 1. The number of hydrogen-bond acceptors (Lipinski definition) is 3. The highest BCUT2D eigenvalue weighted by molar-refractivity contribution is 9.11. The molecule has 1 atom stereocenters. The van der Waals surface area contributed by atoms with E-state index < -0.39 is 0 Å². The third-order valence-corrected chi connectivity index (χ3v) is 5.61. The van der Waals surface area contributed by atoms with Gasteiger partial charge < -0.3 is 10.2 Å². The minimum atomic E-state index is 0.113. The van der Waals surface area contributed by atoms with Crippen LogP contribution in [0.5, 0.6) is 0 Å². The molecule has 20 heavy (non-hydrogen) atoms. The standard InChI is InChI=1S/C15H23BrN2OS/c1-10(2)15(19)18-8-6-12(7-9-18)17-11(3)13-4-5-14(16)20-13/h4-5,10-12,17H,6-9H2,1-3H3. The van der Waals surface area contributed by atoms with Crippen LogP contribution in [-0.4, -0.2) is 29.9 Å². The quantitative estimate of drug-likeness (QED) is 0.887. The Kier molecular flexibility index (Phi) is 5.64.